The van der Waals surface area contributed by atoms with Gasteiger partial charge in [-0.25, -0.2) is 5.43 Å². The zero-order chi connectivity index (χ0) is 21.9. The van der Waals surface area contributed by atoms with Crippen LogP contribution in [0.15, 0.2) is 47.6 Å². The standard InChI is InChI=1S/C20H16ClF3N4O2/c1-11-16(15-4-2-3-5-17(15)27-11)9-26-28-18(29)10-25-19(30)12-6-13(20(22,23)24)8-14(21)7-12/h2-9,27H,10H2,1H3,(H,25,30)(H,28,29). The Morgan fingerprint density at radius 1 is 1.20 bits per heavy atom. The minimum atomic E-state index is -4.65. The van der Waals surface area contributed by atoms with E-state index in [2.05, 4.69) is 20.8 Å². The van der Waals surface area contributed by atoms with Crippen molar-refractivity contribution in [3.05, 3.63) is 69.9 Å². The fraction of sp³-hybridized carbons (Fsp3) is 0.150. The van der Waals surface area contributed by atoms with Crippen molar-refractivity contribution in [3.63, 3.8) is 0 Å². The van der Waals surface area contributed by atoms with Crippen LogP contribution in [0.1, 0.15) is 27.2 Å². The topological polar surface area (TPSA) is 86.3 Å². The number of carbonyl (C=O) groups excluding carboxylic acids is 2. The second-order valence-electron chi connectivity index (χ2n) is 6.41. The maximum absolute atomic E-state index is 12.8. The first kappa shape index (κ1) is 21.4. The summed E-state index contributed by atoms with van der Waals surface area (Å²) in [5, 5.41) is 6.80. The van der Waals surface area contributed by atoms with E-state index in [-0.39, 0.29) is 10.6 Å². The lowest BCUT2D eigenvalue weighted by atomic mass is 10.1. The van der Waals surface area contributed by atoms with Crippen LogP contribution in [-0.2, 0) is 11.0 Å². The number of carbonyl (C=O) groups is 2. The highest BCUT2D eigenvalue weighted by Gasteiger charge is 2.31. The van der Waals surface area contributed by atoms with Gasteiger partial charge < -0.3 is 10.3 Å². The fourth-order valence-corrected chi connectivity index (χ4v) is 3.06. The molecule has 0 bridgehead atoms. The molecular weight excluding hydrogens is 421 g/mol. The Kier molecular flexibility index (Phi) is 6.12. The predicted octanol–water partition coefficient (Wildman–Crippen LogP) is 4.03. The largest absolute Gasteiger partial charge is 0.416 e. The number of alkyl halides is 3. The molecule has 2 amide bonds. The van der Waals surface area contributed by atoms with Crippen LogP contribution in [0, 0.1) is 6.92 Å². The number of nitrogens with one attached hydrogen (secondary N) is 3. The maximum Gasteiger partial charge on any atom is 0.416 e. The van der Waals surface area contributed by atoms with Gasteiger partial charge in [-0.2, -0.15) is 18.3 Å². The Morgan fingerprint density at radius 3 is 2.67 bits per heavy atom. The quantitative estimate of drug-likeness (QED) is 0.416. The van der Waals surface area contributed by atoms with Crippen molar-refractivity contribution in [2.45, 2.75) is 13.1 Å². The number of benzene rings is 2. The van der Waals surface area contributed by atoms with Gasteiger partial charge in [0.05, 0.1) is 18.3 Å². The molecule has 2 aromatic carbocycles. The van der Waals surface area contributed by atoms with Crippen molar-refractivity contribution in [2.24, 2.45) is 5.10 Å². The molecule has 0 unspecified atom stereocenters. The number of hydrogen-bond acceptors (Lipinski definition) is 3. The molecule has 0 atom stereocenters. The average molecular weight is 437 g/mol. The zero-order valence-corrected chi connectivity index (χ0v) is 16.4. The second kappa shape index (κ2) is 8.58. The summed E-state index contributed by atoms with van der Waals surface area (Å²) in [5.41, 5.74) is 3.50. The molecule has 10 heteroatoms. The number of fused-ring (bicyclic) bond motifs is 1. The Morgan fingerprint density at radius 2 is 1.93 bits per heavy atom. The minimum absolute atomic E-state index is 0.238. The van der Waals surface area contributed by atoms with E-state index in [4.69, 9.17) is 11.6 Å². The van der Waals surface area contributed by atoms with E-state index in [0.29, 0.717) is 12.1 Å². The first-order chi connectivity index (χ1) is 14.1. The molecule has 0 saturated carbocycles. The zero-order valence-electron chi connectivity index (χ0n) is 15.6. The van der Waals surface area contributed by atoms with Gasteiger partial charge >= 0.3 is 6.18 Å². The molecule has 0 aliphatic carbocycles. The molecule has 3 rings (SSSR count). The van der Waals surface area contributed by atoms with E-state index in [1.165, 1.54) is 6.21 Å². The fourth-order valence-electron chi connectivity index (χ4n) is 2.82. The summed E-state index contributed by atoms with van der Waals surface area (Å²) < 4.78 is 38.5. The first-order valence-electron chi connectivity index (χ1n) is 8.70. The van der Waals surface area contributed by atoms with Crippen molar-refractivity contribution in [1.82, 2.24) is 15.7 Å². The van der Waals surface area contributed by atoms with E-state index < -0.39 is 30.1 Å². The highest BCUT2D eigenvalue weighted by atomic mass is 35.5. The van der Waals surface area contributed by atoms with E-state index >= 15 is 0 Å². The lowest BCUT2D eigenvalue weighted by molar-refractivity contribution is -0.137. The third kappa shape index (κ3) is 4.98. The maximum atomic E-state index is 12.8. The molecule has 0 fully saturated rings. The van der Waals surface area contributed by atoms with Gasteiger partial charge in [-0.05, 0) is 31.2 Å². The normalized spacial score (nSPS) is 11.8. The highest BCUT2D eigenvalue weighted by Crippen LogP contribution is 2.31. The molecule has 156 valence electrons. The Hall–Kier alpha value is -3.33. The van der Waals surface area contributed by atoms with Crippen LogP contribution in [0.5, 0.6) is 0 Å². The number of aryl methyl sites for hydroxylation is 1. The summed E-state index contributed by atoms with van der Waals surface area (Å²) in [6, 6.07) is 10.0. The van der Waals surface area contributed by atoms with Crippen LogP contribution < -0.4 is 10.7 Å². The summed E-state index contributed by atoms with van der Waals surface area (Å²) in [6.45, 7) is 1.39. The minimum Gasteiger partial charge on any atom is -0.358 e. The number of rotatable bonds is 5. The van der Waals surface area contributed by atoms with Crippen LogP contribution in [0.2, 0.25) is 5.02 Å². The Bertz CT molecular complexity index is 1140. The molecule has 0 radical (unpaired) electrons. The number of hydrazone groups is 1. The molecule has 0 aliphatic heterocycles. The molecule has 6 nitrogen and oxygen atoms in total. The molecule has 0 spiro atoms. The molecule has 0 saturated heterocycles. The summed E-state index contributed by atoms with van der Waals surface area (Å²) in [6.07, 6.45) is -3.17. The van der Waals surface area contributed by atoms with Gasteiger partial charge in [-0.1, -0.05) is 29.8 Å². The summed E-state index contributed by atoms with van der Waals surface area (Å²) in [7, 11) is 0. The Labute approximate surface area is 174 Å². The van der Waals surface area contributed by atoms with Gasteiger partial charge in [-0.15, -0.1) is 0 Å². The average Bonchev–Trinajstić information content (AvgIpc) is 3.00. The third-order valence-corrected chi connectivity index (χ3v) is 4.44. The Balaban J connectivity index is 1.59. The van der Waals surface area contributed by atoms with Crippen LogP contribution >= 0.6 is 11.6 Å². The van der Waals surface area contributed by atoms with Crippen molar-refractivity contribution in [3.8, 4) is 0 Å². The molecule has 1 heterocycles. The molecule has 30 heavy (non-hydrogen) atoms. The molecule has 3 N–H and O–H groups in total. The molecule has 3 aromatic rings. The molecule has 1 aromatic heterocycles. The van der Waals surface area contributed by atoms with E-state index in [1.54, 1.807) is 0 Å². The van der Waals surface area contributed by atoms with Crippen molar-refractivity contribution >= 4 is 40.5 Å². The first-order valence-corrected chi connectivity index (χ1v) is 9.08. The smallest absolute Gasteiger partial charge is 0.358 e. The summed E-state index contributed by atoms with van der Waals surface area (Å²) >= 11 is 5.65. The number of para-hydroxylation sites is 1. The molecular formula is C20H16ClF3N4O2. The van der Waals surface area contributed by atoms with E-state index in [9.17, 15) is 22.8 Å². The number of amides is 2. The van der Waals surface area contributed by atoms with Gasteiger partial charge in [0.2, 0.25) is 0 Å². The third-order valence-electron chi connectivity index (χ3n) is 4.22. The van der Waals surface area contributed by atoms with Crippen LogP contribution in [0.3, 0.4) is 0 Å². The van der Waals surface area contributed by atoms with Crippen molar-refractivity contribution < 1.29 is 22.8 Å². The number of nitrogens with zero attached hydrogens (tertiary/aromatic N) is 1. The number of aromatic amines is 1. The second-order valence-corrected chi connectivity index (χ2v) is 6.85. The van der Waals surface area contributed by atoms with Gasteiger partial charge in [0.1, 0.15) is 0 Å². The van der Waals surface area contributed by atoms with Crippen molar-refractivity contribution in [2.75, 3.05) is 6.54 Å². The van der Waals surface area contributed by atoms with Crippen LogP contribution in [-0.4, -0.2) is 29.6 Å². The molecule has 0 aliphatic rings. The van der Waals surface area contributed by atoms with Crippen LogP contribution in [0.4, 0.5) is 13.2 Å². The van der Waals surface area contributed by atoms with Crippen LogP contribution in [0.25, 0.3) is 10.9 Å². The number of aromatic nitrogens is 1. The number of H-pyrrole nitrogens is 1. The van der Waals surface area contributed by atoms with Crippen molar-refractivity contribution in [1.29, 1.82) is 0 Å². The van der Waals surface area contributed by atoms with Gasteiger partial charge in [0.15, 0.2) is 0 Å². The van der Waals surface area contributed by atoms with Gasteiger partial charge in [0, 0.05) is 32.7 Å². The highest BCUT2D eigenvalue weighted by molar-refractivity contribution is 6.31. The number of halogens is 4. The lowest BCUT2D eigenvalue weighted by Gasteiger charge is -2.10. The SMILES string of the molecule is Cc1[nH]c2ccccc2c1C=NNC(=O)CNC(=O)c1cc(Cl)cc(C(F)(F)F)c1. The van der Waals surface area contributed by atoms with E-state index in [0.717, 1.165) is 28.2 Å². The lowest BCUT2D eigenvalue weighted by Crippen LogP contribution is -2.35. The van der Waals surface area contributed by atoms with E-state index in [1.807, 2.05) is 31.2 Å². The summed E-state index contributed by atoms with van der Waals surface area (Å²) in [5.74, 6) is -1.51. The van der Waals surface area contributed by atoms with Gasteiger partial charge in [0.25, 0.3) is 11.8 Å². The number of hydrogen-bond donors (Lipinski definition) is 3. The summed E-state index contributed by atoms with van der Waals surface area (Å²) in [4.78, 5) is 27.2. The monoisotopic (exact) mass is 436 g/mol. The van der Waals surface area contributed by atoms with Gasteiger partial charge in [-0.3, -0.25) is 9.59 Å². The predicted molar refractivity (Wildman–Crippen MR) is 108 cm³/mol.